The highest BCUT2D eigenvalue weighted by Crippen LogP contribution is 2.26. The average Bonchev–Trinajstić information content (AvgIpc) is 2.52. The van der Waals surface area contributed by atoms with Gasteiger partial charge in [-0.05, 0) is 33.5 Å². The molecule has 1 aliphatic carbocycles. The van der Waals surface area contributed by atoms with Crippen molar-refractivity contribution in [2.45, 2.75) is 52.4 Å². The third-order valence-electron chi connectivity index (χ3n) is 2.69. The molecule has 0 radical (unpaired) electrons. The lowest BCUT2D eigenvalue weighted by molar-refractivity contribution is 0.361. The van der Waals surface area contributed by atoms with Gasteiger partial charge in [-0.15, -0.1) is 0 Å². The first-order valence-corrected chi connectivity index (χ1v) is 8.16. The number of hydrogen-bond donors (Lipinski definition) is 1. The summed E-state index contributed by atoms with van der Waals surface area (Å²) in [6, 6.07) is 0. The van der Waals surface area contributed by atoms with Crippen molar-refractivity contribution in [1.29, 1.82) is 0 Å². The van der Waals surface area contributed by atoms with E-state index in [9.17, 15) is 0 Å². The smallest absolute Gasteiger partial charge is 0.0319 e. The van der Waals surface area contributed by atoms with Gasteiger partial charge in [-0.1, -0.05) is 82.9 Å². The van der Waals surface area contributed by atoms with E-state index in [4.69, 9.17) is 5.11 Å². The minimum Gasteiger partial charge on any atom is -0.400 e. The molecule has 0 aliphatic heterocycles. The van der Waals surface area contributed by atoms with E-state index in [2.05, 4.69) is 24.8 Å². The lowest BCUT2D eigenvalue weighted by Crippen LogP contribution is -2.04. The number of hydrogen-bond acceptors (Lipinski definition) is 2. The maximum Gasteiger partial charge on any atom is 0.0319 e. The minimum atomic E-state index is 0.960. The third-order valence-corrected chi connectivity index (χ3v) is 2.69. The summed E-state index contributed by atoms with van der Waals surface area (Å²) in [6.45, 7) is 7.63. The van der Waals surface area contributed by atoms with Gasteiger partial charge in [0.15, 0.2) is 0 Å². The Bertz CT molecular complexity index is 223. The van der Waals surface area contributed by atoms with Crippen molar-refractivity contribution in [1.82, 2.24) is 4.90 Å². The van der Waals surface area contributed by atoms with Gasteiger partial charge in [-0.25, -0.2) is 0 Å². The molecule has 2 heteroatoms. The Balaban J connectivity index is -0.000000343. The van der Waals surface area contributed by atoms with Crippen LogP contribution in [-0.4, -0.2) is 38.3 Å². The zero-order valence-corrected chi connectivity index (χ0v) is 15.3. The van der Waals surface area contributed by atoms with E-state index < -0.39 is 0 Å². The highest BCUT2D eigenvalue weighted by atomic mass is 16.2. The Morgan fingerprint density at radius 2 is 1.43 bits per heavy atom. The fourth-order valence-corrected chi connectivity index (χ4v) is 1.92. The van der Waals surface area contributed by atoms with Crippen molar-refractivity contribution in [2.75, 3.05) is 28.3 Å². The van der Waals surface area contributed by atoms with Crippen molar-refractivity contribution in [3.63, 3.8) is 0 Å². The summed E-state index contributed by atoms with van der Waals surface area (Å²) in [5.74, 6) is 0.960. The van der Waals surface area contributed by atoms with E-state index in [-0.39, 0.29) is 0 Å². The summed E-state index contributed by atoms with van der Waals surface area (Å²) in [5, 5.41) is 7.00. The minimum absolute atomic E-state index is 0.960. The summed E-state index contributed by atoms with van der Waals surface area (Å²) in [4.78, 5) is 2.00. The van der Waals surface area contributed by atoms with E-state index in [1.54, 1.807) is 0 Å². The van der Waals surface area contributed by atoms with E-state index in [0.717, 1.165) is 13.0 Å². The number of rotatable bonds is 4. The van der Waals surface area contributed by atoms with Gasteiger partial charge in [0.2, 0.25) is 0 Å². The zero-order chi connectivity index (χ0) is 16.9. The highest BCUT2D eigenvalue weighted by Gasteiger charge is 2.10. The summed E-state index contributed by atoms with van der Waals surface area (Å²) in [6.07, 6.45) is 18.7. The molecule has 0 spiro atoms. The van der Waals surface area contributed by atoms with Crippen molar-refractivity contribution in [2.24, 2.45) is 5.92 Å². The molecule has 0 saturated heterocycles. The molecule has 0 bridgehead atoms. The SMILES string of the molecule is C=C/C=C\C=C/CC1CCCCC1.CC.CN(C)C.CO. The fourth-order valence-electron chi connectivity index (χ4n) is 1.92. The van der Waals surface area contributed by atoms with Gasteiger partial charge < -0.3 is 10.0 Å². The Kier molecular flexibility index (Phi) is 28.9. The van der Waals surface area contributed by atoms with E-state index in [0.29, 0.717) is 0 Å². The Labute approximate surface area is 134 Å². The largest absolute Gasteiger partial charge is 0.400 e. The van der Waals surface area contributed by atoms with Crippen LogP contribution in [0.4, 0.5) is 0 Å². The maximum absolute atomic E-state index is 7.00. The molecule has 0 amide bonds. The molecule has 2 nitrogen and oxygen atoms in total. The molecule has 0 aromatic carbocycles. The molecule has 1 saturated carbocycles. The lowest BCUT2D eigenvalue weighted by Gasteiger charge is -2.19. The molecule has 1 aliphatic rings. The molecule has 1 fully saturated rings. The Morgan fingerprint density at radius 3 is 1.86 bits per heavy atom. The van der Waals surface area contributed by atoms with Crippen LogP contribution in [0.5, 0.6) is 0 Å². The molecule has 0 unspecified atom stereocenters. The second kappa shape index (κ2) is 24.2. The zero-order valence-electron chi connectivity index (χ0n) is 15.3. The van der Waals surface area contributed by atoms with Crippen LogP contribution in [-0.2, 0) is 0 Å². The Hall–Kier alpha value is -0.860. The number of aliphatic hydroxyl groups is 1. The first kappa shape index (κ1) is 25.1. The summed E-state index contributed by atoms with van der Waals surface area (Å²) >= 11 is 0. The van der Waals surface area contributed by atoms with Crippen molar-refractivity contribution >= 4 is 0 Å². The first-order chi connectivity index (χ1) is 10.2. The van der Waals surface area contributed by atoms with Gasteiger partial charge >= 0.3 is 0 Å². The molecule has 0 atom stereocenters. The molecule has 0 aromatic rings. The van der Waals surface area contributed by atoms with Gasteiger partial charge in [0.05, 0.1) is 0 Å². The second-order valence-corrected chi connectivity index (χ2v) is 5.13. The van der Waals surface area contributed by atoms with Gasteiger partial charge in [0, 0.05) is 7.11 Å². The first-order valence-electron chi connectivity index (χ1n) is 8.16. The van der Waals surface area contributed by atoms with Crippen LogP contribution in [0.15, 0.2) is 37.0 Å². The van der Waals surface area contributed by atoms with Crippen LogP contribution in [0.25, 0.3) is 0 Å². The standard InChI is InChI=1S/C13H20.C3H9N.C2H6.CH4O/c1-2-3-4-5-7-10-13-11-8-6-9-12-13;1-4(2)3;2*1-2/h2-5,7,13H,1,6,8-12H2;1-3H3;1-2H3;2H,1H3/b4-3-,7-5-;;;. The quantitative estimate of drug-likeness (QED) is 0.732. The predicted molar refractivity (Wildman–Crippen MR) is 98.8 cm³/mol. The monoisotopic (exact) mass is 297 g/mol. The van der Waals surface area contributed by atoms with Crippen LogP contribution >= 0.6 is 0 Å². The topological polar surface area (TPSA) is 23.5 Å². The highest BCUT2D eigenvalue weighted by molar-refractivity contribution is 5.08. The van der Waals surface area contributed by atoms with Crippen LogP contribution in [0.1, 0.15) is 52.4 Å². The van der Waals surface area contributed by atoms with Crippen LogP contribution in [0.3, 0.4) is 0 Å². The van der Waals surface area contributed by atoms with E-state index in [1.807, 2.05) is 52.0 Å². The number of aliphatic hydroxyl groups excluding tert-OH is 1. The average molecular weight is 298 g/mol. The molecular formula is C19H39NO. The molecule has 1 rings (SSSR count). The van der Waals surface area contributed by atoms with Crippen LogP contribution in [0, 0.1) is 5.92 Å². The predicted octanol–water partition coefficient (Wildman–Crippen LogP) is 5.07. The van der Waals surface area contributed by atoms with E-state index in [1.165, 1.54) is 38.5 Å². The van der Waals surface area contributed by atoms with Crippen LogP contribution < -0.4 is 0 Å². The number of nitrogens with zero attached hydrogens (tertiary/aromatic N) is 1. The van der Waals surface area contributed by atoms with Gasteiger partial charge in [0.25, 0.3) is 0 Å². The summed E-state index contributed by atoms with van der Waals surface area (Å²) < 4.78 is 0. The van der Waals surface area contributed by atoms with Crippen molar-refractivity contribution in [3.8, 4) is 0 Å². The van der Waals surface area contributed by atoms with Crippen molar-refractivity contribution < 1.29 is 5.11 Å². The summed E-state index contributed by atoms with van der Waals surface area (Å²) in [5.41, 5.74) is 0. The van der Waals surface area contributed by atoms with Gasteiger partial charge in [-0.3, -0.25) is 0 Å². The third kappa shape index (κ3) is 28.1. The maximum atomic E-state index is 7.00. The number of allylic oxidation sites excluding steroid dienone is 5. The van der Waals surface area contributed by atoms with Gasteiger partial charge in [-0.2, -0.15) is 0 Å². The van der Waals surface area contributed by atoms with Crippen molar-refractivity contribution in [3.05, 3.63) is 37.0 Å². The molecule has 1 N–H and O–H groups in total. The van der Waals surface area contributed by atoms with Crippen LogP contribution in [0.2, 0.25) is 0 Å². The summed E-state index contributed by atoms with van der Waals surface area (Å²) in [7, 11) is 7.00. The lowest BCUT2D eigenvalue weighted by atomic mass is 9.87. The second-order valence-electron chi connectivity index (χ2n) is 5.13. The normalized spacial score (nSPS) is 14.7. The molecule has 0 heterocycles. The Morgan fingerprint density at radius 1 is 0.952 bits per heavy atom. The molecule has 0 aromatic heterocycles. The molecule has 126 valence electrons. The van der Waals surface area contributed by atoms with Gasteiger partial charge in [0.1, 0.15) is 0 Å². The van der Waals surface area contributed by atoms with E-state index >= 15 is 0 Å². The fraction of sp³-hybridized carbons (Fsp3) is 0.684. The molecular weight excluding hydrogens is 258 g/mol. The molecule has 21 heavy (non-hydrogen) atoms.